The second-order valence-electron chi connectivity index (χ2n) is 5.42. The van der Waals surface area contributed by atoms with Crippen molar-refractivity contribution in [1.29, 1.82) is 0 Å². The van der Waals surface area contributed by atoms with E-state index in [-0.39, 0.29) is 18.9 Å². The molecule has 1 aromatic heterocycles. The molecule has 1 amide bonds. The van der Waals surface area contributed by atoms with Crippen LogP contribution in [0.5, 0.6) is 5.75 Å². The van der Waals surface area contributed by atoms with Crippen molar-refractivity contribution in [2.45, 2.75) is 6.42 Å². The number of rotatable bonds is 6. The van der Waals surface area contributed by atoms with Crippen molar-refractivity contribution in [1.82, 2.24) is 10.3 Å². The third kappa shape index (κ3) is 4.13. The predicted octanol–water partition coefficient (Wildman–Crippen LogP) is 2.72. The van der Waals surface area contributed by atoms with E-state index in [1.54, 1.807) is 7.11 Å². The lowest BCUT2D eigenvalue weighted by molar-refractivity contribution is -0.137. The van der Waals surface area contributed by atoms with Crippen LogP contribution < -0.4 is 10.1 Å². The third-order valence-electron chi connectivity index (χ3n) is 3.62. The molecule has 0 aliphatic rings. The molecule has 3 aromatic rings. The summed E-state index contributed by atoms with van der Waals surface area (Å²) in [5.74, 6) is -0.617. The van der Waals surface area contributed by atoms with E-state index in [4.69, 9.17) is 9.84 Å². The van der Waals surface area contributed by atoms with Gasteiger partial charge in [-0.2, -0.15) is 0 Å². The number of nitrogens with zero attached hydrogens (tertiary/aromatic N) is 1. The molecular formula is C18H16N2O4S. The van der Waals surface area contributed by atoms with Gasteiger partial charge in [0.05, 0.1) is 19.2 Å². The van der Waals surface area contributed by atoms with E-state index < -0.39 is 5.97 Å². The molecule has 2 aromatic carbocycles. The molecular weight excluding hydrogens is 340 g/mol. The molecule has 128 valence electrons. The lowest BCUT2D eigenvalue weighted by atomic mass is 10.1. The molecule has 7 heteroatoms. The standard InChI is InChI=1S/C18H16N2O4S/c1-24-15-5-4-11-6-13(3-2-12(11)7-15)18-20-14(10-25-18)8-16(21)19-9-17(22)23/h2-7,10H,8-9H2,1H3,(H,19,21)(H,22,23). The second-order valence-corrected chi connectivity index (χ2v) is 6.28. The van der Waals surface area contributed by atoms with Gasteiger partial charge in [0.1, 0.15) is 17.3 Å². The third-order valence-corrected chi connectivity index (χ3v) is 4.56. The van der Waals surface area contributed by atoms with Crippen molar-refractivity contribution in [3.63, 3.8) is 0 Å². The Hall–Kier alpha value is -2.93. The maximum atomic E-state index is 11.7. The SMILES string of the molecule is COc1ccc2cc(-c3nc(CC(=O)NCC(=O)O)cs3)ccc2c1. The quantitative estimate of drug-likeness (QED) is 0.709. The van der Waals surface area contributed by atoms with Crippen LogP contribution in [0.1, 0.15) is 5.69 Å². The number of amides is 1. The topological polar surface area (TPSA) is 88.5 Å². The van der Waals surface area contributed by atoms with Crippen LogP contribution in [0.3, 0.4) is 0 Å². The number of methoxy groups -OCH3 is 1. The highest BCUT2D eigenvalue weighted by Gasteiger charge is 2.10. The van der Waals surface area contributed by atoms with Crippen LogP contribution in [0.4, 0.5) is 0 Å². The first-order valence-corrected chi connectivity index (χ1v) is 8.44. The summed E-state index contributed by atoms with van der Waals surface area (Å²) in [7, 11) is 1.64. The van der Waals surface area contributed by atoms with Crippen LogP contribution in [0.2, 0.25) is 0 Å². The largest absolute Gasteiger partial charge is 0.497 e. The zero-order valence-corrected chi connectivity index (χ0v) is 14.3. The maximum absolute atomic E-state index is 11.7. The fraction of sp³-hybridized carbons (Fsp3) is 0.167. The summed E-state index contributed by atoms with van der Waals surface area (Å²) in [6, 6.07) is 11.9. The molecule has 0 saturated carbocycles. The smallest absolute Gasteiger partial charge is 0.322 e. The van der Waals surface area contributed by atoms with Gasteiger partial charge < -0.3 is 15.2 Å². The average Bonchev–Trinajstić information content (AvgIpc) is 3.07. The van der Waals surface area contributed by atoms with Crippen LogP contribution in [0, 0.1) is 0 Å². The van der Waals surface area contributed by atoms with E-state index in [1.807, 2.05) is 41.8 Å². The molecule has 3 rings (SSSR count). The molecule has 0 aliphatic heterocycles. The first kappa shape index (κ1) is 16.9. The van der Waals surface area contributed by atoms with Gasteiger partial charge >= 0.3 is 5.97 Å². The molecule has 0 fully saturated rings. The zero-order valence-electron chi connectivity index (χ0n) is 13.5. The number of hydrogen-bond donors (Lipinski definition) is 2. The minimum absolute atomic E-state index is 0.0640. The van der Waals surface area contributed by atoms with Gasteiger partial charge in [0.2, 0.25) is 5.91 Å². The Morgan fingerprint density at radius 1 is 1.20 bits per heavy atom. The molecule has 0 saturated heterocycles. The van der Waals surface area contributed by atoms with E-state index in [9.17, 15) is 9.59 Å². The van der Waals surface area contributed by atoms with Crippen molar-refractivity contribution < 1.29 is 19.4 Å². The molecule has 0 spiro atoms. The van der Waals surface area contributed by atoms with Gasteiger partial charge in [-0.05, 0) is 29.0 Å². The minimum Gasteiger partial charge on any atom is -0.497 e. The van der Waals surface area contributed by atoms with E-state index in [2.05, 4.69) is 10.3 Å². The molecule has 0 aliphatic carbocycles. The summed E-state index contributed by atoms with van der Waals surface area (Å²) in [6.45, 7) is -0.385. The lowest BCUT2D eigenvalue weighted by Gasteiger charge is -2.04. The summed E-state index contributed by atoms with van der Waals surface area (Å²) in [5, 5.41) is 15.7. The second kappa shape index (κ2) is 7.31. The van der Waals surface area contributed by atoms with Crippen LogP contribution >= 0.6 is 11.3 Å². The Kier molecular flexibility index (Phi) is 4.95. The Morgan fingerprint density at radius 2 is 1.96 bits per heavy atom. The monoisotopic (exact) mass is 356 g/mol. The highest BCUT2D eigenvalue weighted by Crippen LogP contribution is 2.29. The Morgan fingerprint density at radius 3 is 2.72 bits per heavy atom. The van der Waals surface area contributed by atoms with Gasteiger partial charge in [0.15, 0.2) is 0 Å². The Bertz CT molecular complexity index is 936. The van der Waals surface area contributed by atoms with E-state index in [0.717, 1.165) is 27.1 Å². The van der Waals surface area contributed by atoms with E-state index >= 15 is 0 Å². The molecule has 0 radical (unpaired) electrons. The first-order chi connectivity index (χ1) is 12.0. The minimum atomic E-state index is -1.07. The molecule has 2 N–H and O–H groups in total. The normalized spacial score (nSPS) is 10.6. The first-order valence-electron chi connectivity index (χ1n) is 7.56. The van der Waals surface area contributed by atoms with E-state index in [1.165, 1.54) is 11.3 Å². The number of thiazole rings is 1. The summed E-state index contributed by atoms with van der Waals surface area (Å²) in [4.78, 5) is 26.6. The van der Waals surface area contributed by atoms with Gasteiger partial charge in [0, 0.05) is 10.9 Å². The Balaban J connectivity index is 1.76. The number of nitrogens with one attached hydrogen (secondary N) is 1. The van der Waals surface area contributed by atoms with Crippen LogP contribution in [0.15, 0.2) is 41.8 Å². The van der Waals surface area contributed by atoms with Crippen molar-refractivity contribution >= 4 is 34.0 Å². The lowest BCUT2D eigenvalue weighted by Crippen LogP contribution is -2.30. The number of carboxylic acid groups (broad SMARTS) is 1. The fourth-order valence-corrected chi connectivity index (χ4v) is 3.22. The number of carbonyl (C=O) groups excluding carboxylic acids is 1. The molecule has 6 nitrogen and oxygen atoms in total. The highest BCUT2D eigenvalue weighted by atomic mass is 32.1. The Labute approximate surface area is 148 Å². The molecule has 25 heavy (non-hydrogen) atoms. The van der Waals surface area contributed by atoms with Crippen molar-refractivity contribution in [2.75, 3.05) is 13.7 Å². The number of fused-ring (bicyclic) bond motifs is 1. The van der Waals surface area contributed by atoms with Gasteiger partial charge in [0.25, 0.3) is 0 Å². The fourth-order valence-electron chi connectivity index (χ4n) is 2.41. The molecule has 0 unspecified atom stereocenters. The summed E-state index contributed by atoms with van der Waals surface area (Å²) in [5.41, 5.74) is 1.59. The zero-order chi connectivity index (χ0) is 17.8. The van der Waals surface area contributed by atoms with Crippen molar-refractivity contribution in [3.05, 3.63) is 47.5 Å². The number of aromatic nitrogens is 1. The van der Waals surface area contributed by atoms with Crippen LogP contribution in [0.25, 0.3) is 21.3 Å². The summed E-state index contributed by atoms with van der Waals surface area (Å²) < 4.78 is 5.23. The van der Waals surface area contributed by atoms with Gasteiger partial charge in [-0.25, -0.2) is 4.98 Å². The molecule has 0 bridgehead atoms. The van der Waals surface area contributed by atoms with Crippen LogP contribution in [-0.4, -0.2) is 35.6 Å². The molecule has 0 atom stereocenters. The summed E-state index contributed by atoms with van der Waals surface area (Å²) in [6.07, 6.45) is 0.0640. The number of hydrogen-bond acceptors (Lipinski definition) is 5. The van der Waals surface area contributed by atoms with E-state index in [0.29, 0.717) is 5.69 Å². The highest BCUT2D eigenvalue weighted by molar-refractivity contribution is 7.13. The number of benzene rings is 2. The number of ether oxygens (including phenoxy) is 1. The predicted molar refractivity (Wildman–Crippen MR) is 96.0 cm³/mol. The van der Waals surface area contributed by atoms with Gasteiger partial charge in [-0.1, -0.05) is 18.2 Å². The van der Waals surface area contributed by atoms with Gasteiger partial charge in [-0.3, -0.25) is 9.59 Å². The summed E-state index contributed by atoms with van der Waals surface area (Å²) >= 11 is 1.45. The maximum Gasteiger partial charge on any atom is 0.322 e. The van der Waals surface area contributed by atoms with Crippen LogP contribution in [-0.2, 0) is 16.0 Å². The van der Waals surface area contributed by atoms with Crippen molar-refractivity contribution in [3.8, 4) is 16.3 Å². The number of carbonyl (C=O) groups is 2. The molecule has 1 heterocycles. The number of aliphatic carboxylic acids is 1. The number of carboxylic acids is 1. The average molecular weight is 356 g/mol. The van der Waals surface area contributed by atoms with Crippen molar-refractivity contribution in [2.24, 2.45) is 0 Å². The van der Waals surface area contributed by atoms with Gasteiger partial charge in [-0.15, -0.1) is 11.3 Å².